The van der Waals surface area contributed by atoms with Crippen molar-refractivity contribution in [1.29, 1.82) is 0 Å². The zero-order valence-corrected chi connectivity index (χ0v) is 11.9. The van der Waals surface area contributed by atoms with Gasteiger partial charge in [-0.2, -0.15) is 11.8 Å². The number of ketones is 1. The number of carbonyl (C=O) groups is 1. The molecule has 1 aromatic rings. The fourth-order valence-corrected chi connectivity index (χ4v) is 3.35. The maximum Gasteiger partial charge on any atom is 0.136 e. The lowest BCUT2D eigenvalue weighted by Gasteiger charge is -2.28. The third kappa shape index (κ3) is 3.61. The Hall–Kier alpha value is -0.760. The first-order valence-corrected chi connectivity index (χ1v) is 8.27. The molecular formula is C16H22OS. The van der Waals surface area contributed by atoms with Gasteiger partial charge in [-0.05, 0) is 49.2 Å². The number of carbonyl (C=O) groups excluding carboxylic acids is 1. The van der Waals surface area contributed by atoms with Crippen molar-refractivity contribution in [2.75, 3.05) is 12.0 Å². The lowest BCUT2D eigenvalue weighted by Crippen LogP contribution is -2.24. The van der Waals surface area contributed by atoms with E-state index < -0.39 is 0 Å². The third-order valence-corrected chi connectivity index (χ3v) is 4.63. The Kier molecular flexibility index (Phi) is 5.30. The van der Waals surface area contributed by atoms with Crippen LogP contribution >= 0.6 is 11.8 Å². The van der Waals surface area contributed by atoms with E-state index in [0.29, 0.717) is 17.6 Å². The fraction of sp³-hybridized carbons (Fsp3) is 0.562. The van der Waals surface area contributed by atoms with Gasteiger partial charge in [0.05, 0.1) is 0 Å². The van der Waals surface area contributed by atoms with Crippen LogP contribution in [-0.2, 0) is 4.79 Å². The Balaban J connectivity index is 1.94. The highest BCUT2D eigenvalue weighted by molar-refractivity contribution is 7.98. The van der Waals surface area contributed by atoms with Crippen LogP contribution in [0.3, 0.4) is 0 Å². The predicted molar refractivity (Wildman–Crippen MR) is 79.1 cm³/mol. The number of hydrogen-bond donors (Lipinski definition) is 0. The van der Waals surface area contributed by atoms with Crippen molar-refractivity contribution in [2.24, 2.45) is 5.92 Å². The Bertz CT molecular complexity index is 374. The molecule has 0 N–H and O–H groups in total. The van der Waals surface area contributed by atoms with Gasteiger partial charge >= 0.3 is 0 Å². The zero-order valence-electron chi connectivity index (χ0n) is 11.1. The lowest BCUT2D eigenvalue weighted by atomic mass is 9.76. The summed E-state index contributed by atoms with van der Waals surface area (Å²) in [6.07, 6.45) is 7.29. The van der Waals surface area contributed by atoms with E-state index in [-0.39, 0.29) is 0 Å². The molecule has 1 saturated carbocycles. The van der Waals surface area contributed by atoms with Gasteiger partial charge in [-0.3, -0.25) is 4.79 Å². The van der Waals surface area contributed by atoms with Gasteiger partial charge in [0.15, 0.2) is 0 Å². The second kappa shape index (κ2) is 6.98. The van der Waals surface area contributed by atoms with Gasteiger partial charge in [0.1, 0.15) is 5.78 Å². The second-order valence-electron chi connectivity index (χ2n) is 5.18. The molecule has 0 bridgehead atoms. The van der Waals surface area contributed by atoms with E-state index in [4.69, 9.17) is 0 Å². The topological polar surface area (TPSA) is 17.1 Å². The largest absolute Gasteiger partial charge is 0.299 e. The van der Waals surface area contributed by atoms with Crippen LogP contribution in [0, 0.1) is 5.92 Å². The van der Waals surface area contributed by atoms with E-state index in [1.807, 2.05) is 11.8 Å². The Morgan fingerprint density at radius 1 is 1.28 bits per heavy atom. The summed E-state index contributed by atoms with van der Waals surface area (Å²) in [6, 6.07) is 10.7. The predicted octanol–water partition coefficient (Wildman–Crippen LogP) is 4.28. The summed E-state index contributed by atoms with van der Waals surface area (Å²) in [4.78, 5) is 12.0. The molecule has 2 heteroatoms. The molecule has 2 atom stereocenters. The number of hydrogen-bond acceptors (Lipinski definition) is 2. The number of benzene rings is 1. The molecule has 1 aromatic carbocycles. The smallest absolute Gasteiger partial charge is 0.136 e. The summed E-state index contributed by atoms with van der Waals surface area (Å²) >= 11 is 1.88. The van der Waals surface area contributed by atoms with Gasteiger partial charge < -0.3 is 0 Å². The van der Waals surface area contributed by atoms with Crippen LogP contribution in [-0.4, -0.2) is 17.8 Å². The van der Waals surface area contributed by atoms with Crippen LogP contribution in [0.2, 0.25) is 0 Å². The average molecular weight is 262 g/mol. The molecule has 0 aromatic heterocycles. The Morgan fingerprint density at radius 2 is 2.06 bits per heavy atom. The first-order chi connectivity index (χ1) is 8.81. The molecule has 98 valence electrons. The summed E-state index contributed by atoms with van der Waals surface area (Å²) in [5.41, 5.74) is 1.42. The van der Waals surface area contributed by atoms with E-state index in [1.165, 1.54) is 17.7 Å². The van der Waals surface area contributed by atoms with Crippen molar-refractivity contribution < 1.29 is 4.79 Å². The quantitative estimate of drug-likeness (QED) is 0.737. The van der Waals surface area contributed by atoms with Gasteiger partial charge in [-0.1, -0.05) is 30.3 Å². The minimum absolute atomic E-state index is 0.316. The van der Waals surface area contributed by atoms with E-state index in [9.17, 15) is 4.79 Å². The maximum absolute atomic E-state index is 12.0. The van der Waals surface area contributed by atoms with Gasteiger partial charge in [-0.25, -0.2) is 0 Å². The Labute approximate surface area is 114 Å². The average Bonchev–Trinajstić information content (AvgIpc) is 2.42. The molecule has 0 aliphatic heterocycles. The number of thioether (sulfide) groups is 1. The molecule has 0 saturated heterocycles. The van der Waals surface area contributed by atoms with Gasteiger partial charge in [0, 0.05) is 12.3 Å². The summed E-state index contributed by atoms with van der Waals surface area (Å²) in [7, 11) is 0. The normalized spacial score (nSPS) is 24.2. The van der Waals surface area contributed by atoms with Gasteiger partial charge in [0.25, 0.3) is 0 Å². The standard InChI is InChI=1S/C16H22OS/c1-18-11-5-8-15-12-14(9-10-16(15)17)13-6-3-2-4-7-13/h2-4,6-7,14-15H,5,8-12H2,1H3. The molecule has 1 fully saturated rings. The molecular weight excluding hydrogens is 240 g/mol. The van der Waals surface area contributed by atoms with Crippen molar-refractivity contribution in [3.63, 3.8) is 0 Å². The highest BCUT2D eigenvalue weighted by Gasteiger charge is 2.28. The molecule has 1 nitrogen and oxygen atoms in total. The van der Waals surface area contributed by atoms with Crippen LogP contribution < -0.4 is 0 Å². The summed E-state index contributed by atoms with van der Waals surface area (Å²) < 4.78 is 0. The molecule has 1 aliphatic carbocycles. The Morgan fingerprint density at radius 3 is 2.78 bits per heavy atom. The minimum atomic E-state index is 0.316. The van der Waals surface area contributed by atoms with E-state index in [0.717, 1.165) is 25.7 Å². The van der Waals surface area contributed by atoms with Gasteiger partial charge in [0.2, 0.25) is 0 Å². The molecule has 0 amide bonds. The van der Waals surface area contributed by atoms with Crippen LogP contribution in [0.4, 0.5) is 0 Å². The molecule has 1 aliphatic rings. The minimum Gasteiger partial charge on any atom is -0.299 e. The van der Waals surface area contributed by atoms with Crippen LogP contribution in [0.15, 0.2) is 30.3 Å². The summed E-state index contributed by atoms with van der Waals surface area (Å²) in [5, 5.41) is 0. The monoisotopic (exact) mass is 262 g/mol. The lowest BCUT2D eigenvalue weighted by molar-refractivity contribution is -0.125. The first-order valence-electron chi connectivity index (χ1n) is 6.88. The molecule has 2 unspecified atom stereocenters. The van der Waals surface area contributed by atoms with Crippen molar-refractivity contribution in [1.82, 2.24) is 0 Å². The molecule has 18 heavy (non-hydrogen) atoms. The third-order valence-electron chi connectivity index (χ3n) is 3.94. The molecule has 2 rings (SSSR count). The number of rotatable bonds is 5. The first kappa shape index (κ1) is 13.7. The van der Waals surface area contributed by atoms with Gasteiger partial charge in [-0.15, -0.1) is 0 Å². The van der Waals surface area contributed by atoms with Crippen LogP contribution in [0.25, 0.3) is 0 Å². The fourth-order valence-electron chi connectivity index (χ4n) is 2.89. The highest BCUT2D eigenvalue weighted by Crippen LogP contribution is 2.36. The zero-order chi connectivity index (χ0) is 12.8. The molecule has 0 heterocycles. The van der Waals surface area contributed by atoms with E-state index in [1.54, 1.807) is 0 Å². The van der Waals surface area contributed by atoms with Crippen LogP contribution in [0.5, 0.6) is 0 Å². The van der Waals surface area contributed by atoms with Crippen molar-refractivity contribution >= 4 is 17.5 Å². The molecule has 0 spiro atoms. The van der Waals surface area contributed by atoms with E-state index >= 15 is 0 Å². The van der Waals surface area contributed by atoms with Crippen LogP contribution in [0.1, 0.15) is 43.6 Å². The summed E-state index contributed by atoms with van der Waals surface area (Å²) in [6.45, 7) is 0. The summed E-state index contributed by atoms with van der Waals surface area (Å²) in [5.74, 6) is 2.60. The number of Topliss-reactive ketones (excluding diaryl/α,β-unsaturated/α-hetero) is 1. The maximum atomic E-state index is 12.0. The molecule has 0 radical (unpaired) electrons. The van der Waals surface area contributed by atoms with Crippen molar-refractivity contribution in [3.8, 4) is 0 Å². The second-order valence-corrected chi connectivity index (χ2v) is 6.17. The van der Waals surface area contributed by atoms with Crippen molar-refractivity contribution in [2.45, 2.75) is 38.0 Å². The van der Waals surface area contributed by atoms with Crippen molar-refractivity contribution in [3.05, 3.63) is 35.9 Å². The highest BCUT2D eigenvalue weighted by atomic mass is 32.2. The SMILES string of the molecule is CSCCCC1CC(c2ccccc2)CCC1=O. The van der Waals surface area contributed by atoms with E-state index in [2.05, 4.69) is 36.6 Å².